The van der Waals surface area contributed by atoms with Crippen LogP contribution in [-0.4, -0.2) is 17.9 Å². The molecule has 156 valence electrons. The van der Waals surface area contributed by atoms with Gasteiger partial charge in [-0.1, -0.05) is 91.0 Å². The van der Waals surface area contributed by atoms with Crippen LogP contribution in [0, 0.1) is 0 Å². The molecule has 0 aliphatic carbocycles. The SMILES string of the molecule is COc1ccc(C(C(=O)c2ccccc2)(c2ccccc2)c2c[nH]c3ccccc23)cc1. The van der Waals surface area contributed by atoms with Crippen LogP contribution < -0.4 is 4.74 Å². The highest BCUT2D eigenvalue weighted by atomic mass is 16.5. The molecule has 5 aromatic rings. The Bertz CT molecular complexity index is 1360. The van der Waals surface area contributed by atoms with E-state index in [4.69, 9.17) is 4.74 Å². The lowest BCUT2D eigenvalue weighted by molar-refractivity contribution is 0.0935. The van der Waals surface area contributed by atoms with Crippen molar-refractivity contribution in [1.82, 2.24) is 4.98 Å². The Hall–Kier alpha value is -4.11. The highest BCUT2D eigenvalue weighted by Gasteiger charge is 2.45. The molecule has 5 rings (SSSR count). The molecule has 0 saturated carbocycles. The lowest BCUT2D eigenvalue weighted by atomic mass is 9.65. The van der Waals surface area contributed by atoms with Gasteiger partial charge in [0, 0.05) is 28.2 Å². The summed E-state index contributed by atoms with van der Waals surface area (Å²) in [5, 5.41) is 1.02. The van der Waals surface area contributed by atoms with Gasteiger partial charge in [-0.05, 0) is 29.3 Å². The molecule has 1 atom stereocenters. The second kappa shape index (κ2) is 8.20. The number of methoxy groups -OCH3 is 1. The van der Waals surface area contributed by atoms with Crippen LogP contribution in [0.5, 0.6) is 5.75 Å². The maximum absolute atomic E-state index is 14.5. The number of carbonyl (C=O) groups excluding carboxylic acids is 1. The molecule has 4 aromatic carbocycles. The fourth-order valence-electron chi connectivity index (χ4n) is 4.58. The van der Waals surface area contributed by atoms with E-state index in [1.807, 2.05) is 109 Å². The van der Waals surface area contributed by atoms with Gasteiger partial charge in [-0.3, -0.25) is 4.79 Å². The van der Waals surface area contributed by atoms with Crippen molar-refractivity contribution in [3.8, 4) is 5.75 Å². The average Bonchev–Trinajstić information content (AvgIpc) is 3.30. The maximum Gasteiger partial charge on any atom is 0.182 e. The molecule has 0 radical (unpaired) electrons. The van der Waals surface area contributed by atoms with Crippen LogP contribution in [0.25, 0.3) is 10.9 Å². The zero-order valence-electron chi connectivity index (χ0n) is 17.8. The van der Waals surface area contributed by atoms with Gasteiger partial charge >= 0.3 is 0 Å². The summed E-state index contributed by atoms with van der Waals surface area (Å²) in [6.07, 6.45) is 1.97. The van der Waals surface area contributed by atoms with E-state index in [-0.39, 0.29) is 5.78 Å². The van der Waals surface area contributed by atoms with Gasteiger partial charge in [0.1, 0.15) is 11.2 Å². The second-order valence-electron chi connectivity index (χ2n) is 7.79. The molecule has 1 N–H and O–H groups in total. The Morgan fingerprint density at radius 3 is 2.00 bits per heavy atom. The predicted molar refractivity (Wildman–Crippen MR) is 128 cm³/mol. The summed E-state index contributed by atoms with van der Waals surface area (Å²) in [5.41, 5.74) is 3.37. The van der Waals surface area contributed by atoms with Crippen molar-refractivity contribution in [2.75, 3.05) is 7.11 Å². The minimum atomic E-state index is -1.03. The fourth-order valence-corrected chi connectivity index (χ4v) is 4.58. The molecule has 0 amide bonds. The third-order valence-electron chi connectivity index (χ3n) is 6.10. The molecule has 1 aromatic heterocycles. The fraction of sp³-hybridized carbons (Fsp3) is 0.0690. The monoisotopic (exact) mass is 417 g/mol. The van der Waals surface area contributed by atoms with Crippen molar-refractivity contribution in [3.63, 3.8) is 0 Å². The second-order valence-corrected chi connectivity index (χ2v) is 7.79. The number of nitrogens with one attached hydrogen (secondary N) is 1. The van der Waals surface area contributed by atoms with Crippen LogP contribution in [0.3, 0.4) is 0 Å². The van der Waals surface area contributed by atoms with Gasteiger partial charge in [0.15, 0.2) is 5.78 Å². The van der Waals surface area contributed by atoms with E-state index in [9.17, 15) is 4.79 Å². The van der Waals surface area contributed by atoms with Crippen LogP contribution in [0.2, 0.25) is 0 Å². The first-order valence-electron chi connectivity index (χ1n) is 10.6. The summed E-state index contributed by atoms with van der Waals surface area (Å²) in [6.45, 7) is 0. The highest BCUT2D eigenvalue weighted by Crippen LogP contribution is 2.45. The lowest BCUT2D eigenvalue weighted by Gasteiger charge is -2.34. The van der Waals surface area contributed by atoms with Crippen molar-refractivity contribution in [2.24, 2.45) is 0 Å². The number of rotatable bonds is 6. The van der Waals surface area contributed by atoms with Crippen LogP contribution in [0.15, 0.2) is 115 Å². The van der Waals surface area contributed by atoms with E-state index in [2.05, 4.69) is 11.1 Å². The van der Waals surface area contributed by atoms with E-state index in [1.165, 1.54) is 0 Å². The molecule has 0 aliphatic rings. The zero-order valence-corrected chi connectivity index (χ0v) is 17.8. The van der Waals surface area contributed by atoms with E-state index in [0.29, 0.717) is 5.56 Å². The number of aromatic nitrogens is 1. The van der Waals surface area contributed by atoms with Gasteiger partial charge in [-0.25, -0.2) is 0 Å². The Kier molecular flexibility index (Phi) is 5.08. The van der Waals surface area contributed by atoms with Crippen LogP contribution in [0.1, 0.15) is 27.0 Å². The normalized spacial score (nSPS) is 12.9. The molecule has 32 heavy (non-hydrogen) atoms. The third-order valence-corrected chi connectivity index (χ3v) is 6.10. The molecule has 0 spiro atoms. The first-order chi connectivity index (χ1) is 15.7. The first kappa shape index (κ1) is 19.8. The Morgan fingerprint density at radius 1 is 0.719 bits per heavy atom. The van der Waals surface area contributed by atoms with Crippen molar-refractivity contribution in [1.29, 1.82) is 0 Å². The summed E-state index contributed by atoms with van der Waals surface area (Å²) in [5.74, 6) is 0.779. The van der Waals surface area contributed by atoms with Crippen LogP contribution >= 0.6 is 0 Å². The van der Waals surface area contributed by atoms with E-state index >= 15 is 0 Å². The molecule has 3 nitrogen and oxygen atoms in total. The van der Waals surface area contributed by atoms with Gasteiger partial charge in [-0.15, -0.1) is 0 Å². The lowest BCUT2D eigenvalue weighted by Crippen LogP contribution is -2.38. The maximum atomic E-state index is 14.5. The smallest absolute Gasteiger partial charge is 0.182 e. The molecule has 0 fully saturated rings. The van der Waals surface area contributed by atoms with Crippen molar-refractivity contribution >= 4 is 16.7 Å². The minimum Gasteiger partial charge on any atom is -0.497 e. The van der Waals surface area contributed by atoms with E-state index in [0.717, 1.165) is 33.3 Å². The number of para-hydroxylation sites is 1. The van der Waals surface area contributed by atoms with Gasteiger partial charge in [-0.2, -0.15) is 0 Å². The molecule has 1 heterocycles. The van der Waals surface area contributed by atoms with Crippen LogP contribution in [0.4, 0.5) is 0 Å². The van der Waals surface area contributed by atoms with Crippen LogP contribution in [-0.2, 0) is 5.41 Å². The summed E-state index contributed by atoms with van der Waals surface area (Å²) in [4.78, 5) is 17.9. The Labute approximate surface area is 187 Å². The molecule has 0 aliphatic heterocycles. The van der Waals surface area contributed by atoms with Crippen molar-refractivity contribution < 1.29 is 9.53 Å². The minimum absolute atomic E-state index is 0.0271. The van der Waals surface area contributed by atoms with Gasteiger partial charge < -0.3 is 9.72 Å². The van der Waals surface area contributed by atoms with Gasteiger partial charge in [0.2, 0.25) is 0 Å². The summed E-state index contributed by atoms with van der Waals surface area (Å²) in [6, 6.07) is 35.5. The number of fused-ring (bicyclic) bond motifs is 1. The number of Topliss-reactive ketones (excluding diaryl/α,β-unsaturated/α-hetero) is 1. The van der Waals surface area contributed by atoms with Gasteiger partial charge in [0.05, 0.1) is 7.11 Å². The van der Waals surface area contributed by atoms with Crippen molar-refractivity contribution in [2.45, 2.75) is 5.41 Å². The summed E-state index contributed by atoms with van der Waals surface area (Å²) < 4.78 is 5.40. The number of ether oxygens (including phenoxy) is 1. The number of carbonyl (C=O) groups is 1. The van der Waals surface area contributed by atoms with E-state index < -0.39 is 5.41 Å². The standard InChI is InChI=1S/C29H23NO2/c1-32-24-18-16-23(17-19-24)29(22-12-6-3-7-13-22,28(31)21-10-4-2-5-11-21)26-20-30-27-15-9-8-14-25(26)27/h2-20,30H,1H3. The quantitative estimate of drug-likeness (QED) is 0.325. The summed E-state index contributed by atoms with van der Waals surface area (Å²) >= 11 is 0. The first-order valence-corrected chi connectivity index (χ1v) is 10.6. The third kappa shape index (κ3) is 3.10. The Balaban J connectivity index is 1.90. The molecule has 1 unspecified atom stereocenters. The molecular formula is C29H23NO2. The molecule has 0 saturated heterocycles. The number of benzene rings is 4. The van der Waals surface area contributed by atoms with Crippen molar-refractivity contribution in [3.05, 3.63) is 138 Å². The molecular weight excluding hydrogens is 394 g/mol. The molecule has 0 bridgehead atoms. The summed E-state index contributed by atoms with van der Waals surface area (Å²) in [7, 11) is 1.65. The molecule has 3 heteroatoms. The number of aromatic amines is 1. The topological polar surface area (TPSA) is 42.1 Å². The average molecular weight is 418 g/mol. The zero-order chi connectivity index (χ0) is 22.0. The number of hydrogen-bond acceptors (Lipinski definition) is 2. The van der Waals surface area contributed by atoms with E-state index in [1.54, 1.807) is 7.11 Å². The van der Waals surface area contributed by atoms with Gasteiger partial charge in [0.25, 0.3) is 0 Å². The Morgan fingerprint density at radius 2 is 1.31 bits per heavy atom. The number of hydrogen-bond donors (Lipinski definition) is 1. The predicted octanol–water partition coefficient (Wildman–Crippen LogP) is 6.39. The number of ketones is 1. The highest BCUT2D eigenvalue weighted by molar-refractivity contribution is 6.11. The number of H-pyrrole nitrogens is 1. The largest absolute Gasteiger partial charge is 0.497 e.